The van der Waals surface area contributed by atoms with Gasteiger partial charge in [-0.1, -0.05) is 30.3 Å². The van der Waals surface area contributed by atoms with Crippen LogP contribution in [0.15, 0.2) is 64.2 Å². The summed E-state index contributed by atoms with van der Waals surface area (Å²) in [6.07, 6.45) is 0. The number of carbonyl (C=O) groups is 1. The van der Waals surface area contributed by atoms with E-state index in [1.807, 2.05) is 41.1 Å². The monoisotopic (exact) mass is 414 g/mol. The van der Waals surface area contributed by atoms with Gasteiger partial charge in [-0.15, -0.1) is 11.3 Å². The molecule has 8 heteroatoms. The zero-order valence-electron chi connectivity index (χ0n) is 14.2. The lowest BCUT2D eigenvalue weighted by Crippen LogP contribution is -2.30. The number of aromatic nitrogens is 1. The Morgan fingerprint density at radius 3 is 2.59 bits per heavy atom. The molecule has 5 nitrogen and oxygen atoms in total. The van der Waals surface area contributed by atoms with E-state index in [1.165, 1.54) is 28.7 Å². The van der Waals surface area contributed by atoms with Gasteiger partial charge in [-0.25, -0.2) is 18.1 Å². The smallest absolute Gasteiger partial charge is 0.267 e. The number of carbonyl (C=O) groups excluding carboxylic acids is 1. The molecular formula is C19H14N2O3S3. The molecule has 0 saturated carbocycles. The van der Waals surface area contributed by atoms with Crippen molar-refractivity contribution in [3.63, 3.8) is 0 Å². The summed E-state index contributed by atoms with van der Waals surface area (Å²) in [5.74, 6) is -0.667. The Hall–Kier alpha value is -2.55. The molecule has 0 fully saturated rings. The van der Waals surface area contributed by atoms with E-state index in [4.69, 9.17) is 0 Å². The molecule has 2 aromatic carbocycles. The van der Waals surface area contributed by atoms with Crippen molar-refractivity contribution >= 4 is 49.4 Å². The van der Waals surface area contributed by atoms with Crippen LogP contribution in [0.4, 0.5) is 0 Å². The van der Waals surface area contributed by atoms with Gasteiger partial charge in [0.05, 0.1) is 10.6 Å². The number of sulfonamides is 1. The molecule has 0 aliphatic carbocycles. The molecule has 0 aliphatic heterocycles. The summed E-state index contributed by atoms with van der Waals surface area (Å²) in [5, 5.41) is 6.28. The lowest BCUT2D eigenvalue weighted by molar-refractivity contribution is 0.0984. The van der Waals surface area contributed by atoms with Gasteiger partial charge in [0, 0.05) is 10.9 Å². The van der Waals surface area contributed by atoms with Gasteiger partial charge < -0.3 is 0 Å². The second kappa shape index (κ2) is 6.88. The zero-order chi connectivity index (χ0) is 19.0. The van der Waals surface area contributed by atoms with Crippen LogP contribution < -0.4 is 4.72 Å². The van der Waals surface area contributed by atoms with Crippen molar-refractivity contribution in [3.05, 3.63) is 69.9 Å². The van der Waals surface area contributed by atoms with Gasteiger partial charge in [0.25, 0.3) is 15.9 Å². The first kappa shape index (κ1) is 17.8. The number of benzene rings is 2. The minimum atomic E-state index is -3.98. The van der Waals surface area contributed by atoms with E-state index in [1.54, 1.807) is 19.1 Å². The van der Waals surface area contributed by atoms with E-state index < -0.39 is 15.9 Å². The maximum atomic E-state index is 12.7. The van der Waals surface area contributed by atoms with Gasteiger partial charge in [0.15, 0.2) is 0 Å². The highest BCUT2D eigenvalue weighted by atomic mass is 32.2. The fourth-order valence-electron chi connectivity index (χ4n) is 2.68. The average molecular weight is 415 g/mol. The Bertz CT molecular complexity index is 1240. The number of amides is 1. The second-order valence-electron chi connectivity index (χ2n) is 5.89. The first-order chi connectivity index (χ1) is 12.9. The number of nitrogens with one attached hydrogen (secondary N) is 1. The van der Waals surface area contributed by atoms with Crippen molar-refractivity contribution < 1.29 is 13.2 Å². The zero-order valence-corrected chi connectivity index (χ0v) is 16.6. The van der Waals surface area contributed by atoms with Crippen LogP contribution in [0.5, 0.6) is 0 Å². The normalized spacial score (nSPS) is 11.6. The Labute approximate surface area is 164 Å². The van der Waals surface area contributed by atoms with Crippen molar-refractivity contribution in [1.29, 1.82) is 0 Å². The van der Waals surface area contributed by atoms with Gasteiger partial charge in [-0.05, 0) is 41.3 Å². The molecule has 0 saturated heterocycles. The molecule has 136 valence electrons. The molecule has 1 N–H and O–H groups in total. The summed E-state index contributed by atoms with van der Waals surface area (Å²) in [6, 6.07) is 14.1. The number of fused-ring (bicyclic) bond motifs is 1. The second-order valence-corrected chi connectivity index (χ2v) is 9.35. The fraction of sp³-hybridized carbons (Fsp3) is 0.0526. The van der Waals surface area contributed by atoms with E-state index in [9.17, 15) is 13.2 Å². The molecule has 0 atom stereocenters. The van der Waals surface area contributed by atoms with Crippen LogP contribution in [0, 0.1) is 6.92 Å². The maximum Gasteiger partial charge on any atom is 0.277 e. The molecule has 0 aliphatic rings. The number of hydrogen-bond donors (Lipinski definition) is 1. The first-order valence-electron chi connectivity index (χ1n) is 8.00. The third kappa shape index (κ3) is 3.51. The molecule has 0 unspecified atom stereocenters. The third-order valence-electron chi connectivity index (χ3n) is 4.03. The van der Waals surface area contributed by atoms with Crippen LogP contribution in [-0.4, -0.2) is 19.3 Å². The predicted molar refractivity (Wildman–Crippen MR) is 109 cm³/mol. The number of hydrogen-bond acceptors (Lipinski definition) is 6. The number of aryl methyl sites for hydroxylation is 1. The number of nitrogens with zero attached hydrogens (tertiary/aromatic N) is 1. The molecule has 0 radical (unpaired) electrons. The third-order valence-corrected chi connectivity index (χ3v) is 7.25. The highest BCUT2D eigenvalue weighted by Crippen LogP contribution is 2.29. The predicted octanol–water partition coefficient (Wildman–Crippen LogP) is 4.45. The number of thiazole rings is 1. The highest BCUT2D eigenvalue weighted by Gasteiger charge is 2.23. The Morgan fingerprint density at radius 2 is 1.85 bits per heavy atom. The largest absolute Gasteiger partial charge is 0.277 e. The van der Waals surface area contributed by atoms with Gasteiger partial charge in [-0.3, -0.25) is 4.79 Å². The van der Waals surface area contributed by atoms with Crippen LogP contribution in [-0.2, 0) is 10.0 Å². The minimum Gasteiger partial charge on any atom is -0.267 e. The lowest BCUT2D eigenvalue weighted by atomic mass is 10.1. The Balaban J connectivity index is 1.63. The molecule has 4 rings (SSSR count). The summed E-state index contributed by atoms with van der Waals surface area (Å²) >= 11 is 2.72. The van der Waals surface area contributed by atoms with Crippen molar-refractivity contribution in [2.45, 2.75) is 11.8 Å². The van der Waals surface area contributed by atoms with E-state index in [0.717, 1.165) is 16.3 Å². The number of thiophene rings is 1. The molecule has 1 amide bonds. The SMILES string of the molecule is Cc1nc(-c2ccsc2)sc1C(=O)NS(=O)(=O)c1ccc2ccccc2c1. The molecule has 4 aromatic rings. The van der Waals surface area contributed by atoms with Crippen molar-refractivity contribution in [1.82, 2.24) is 9.71 Å². The van der Waals surface area contributed by atoms with Crippen molar-refractivity contribution in [3.8, 4) is 10.6 Å². The van der Waals surface area contributed by atoms with E-state index in [-0.39, 0.29) is 4.90 Å². The van der Waals surface area contributed by atoms with Crippen molar-refractivity contribution in [2.75, 3.05) is 0 Å². The molecule has 2 heterocycles. The minimum absolute atomic E-state index is 0.0507. The Morgan fingerprint density at radius 1 is 1.07 bits per heavy atom. The summed E-state index contributed by atoms with van der Waals surface area (Å²) in [7, 11) is -3.98. The maximum absolute atomic E-state index is 12.7. The molecule has 2 aromatic heterocycles. The quantitative estimate of drug-likeness (QED) is 0.535. The van der Waals surface area contributed by atoms with E-state index in [2.05, 4.69) is 9.71 Å². The van der Waals surface area contributed by atoms with Crippen LogP contribution in [0.25, 0.3) is 21.3 Å². The first-order valence-corrected chi connectivity index (χ1v) is 11.2. The van der Waals surface area contributed by atoms with Crippen LogP contribution in [0.1, 0.15) is 15.4 Å². The molecular weight excluding hydrogens is 400 g/mol. The molecule has 0 bridgehead atoms. The average Bonchev–Trinajstić information content (AvgIpc) is 3.30. The standard InChI is InChI=1S/C19H14N2O3S3/c1-12-17(26-19(20-12)15-8-9-25-11-15)18(22)21-27(23,24)16-7-6-13-4-2-3-5-14(13)10-16/h2-11H,1H3,(H,21,22). The van der Waals surface area contributed by atoms with Gasteiger partial charge in [0.1, 0.15) is 9.88 Å². The van der Waals surface area contributed by atoms with Crippen LogP contribution in [0.2, 0.25) is 0 Å². The summed E-state index contributed by atoms with van der Waals surface area (Å²) < 4.78 is 27.5. The summed E-state index contributed by atoms with van der Waals surface area (Å²) in [5.41, 5.74) is 1.43. The van der Waals surface area contributed by atoms with Gasteiger partial charge in [0.2, 0.25) is 0 Å². The molecule has 27 heavy (non-hydrogen) atoms. The van der Waals surface area contributed by atoms with E-state index >= 15 is 0 Å². The summed E-state index contributed by atoms with van der Waals surface area (Å²) in [4.78, 5) is 17.3. The van der Waals surface area contributed by atoms with Gasteiger partial charge >= 0.3 is 0 Å². The topological polar surface area (TPSA) is 76.1 Å². The van der Waals surface area contributed by atoms with Gasteiger partial charge in [-0.2, -0.15) is 11.3 Å². The molecule has 0 spiro atoms. The Kier molecular flexibility index (Phi) is 4.55. The van der Waals surface area contributed by atoms with Crippen molar-refractivity contribution in [2.24, 2.45) is 0 Å². The van der Waals surface area contributed by atoms with Crippen LogP contribution in [0.3, 0.4) is 0 Å². The fourth-order valence-corrected chi connectivity index (χ4v) is 5.41. The number of rotatable bonds is 4. The van der Waals surface area contributed by atoms with Crippen LogP contribution >= 0.6 is 22.7 Å². The lowest BCUT2D eigenvalue weighted by Gasteiger charge is -2.07. The van der Waals surface area contributed by atoms with E-state index in [0.29, 0.717) is 15.6 Å². The highest BCUT2D eigenvalue weighted by molar-refractivity contribution is 7.90. The summed E-state index contributed by atoms with van der Waals surface area (Å²) in [6.45, 7) is 1.70.